The molecule has 0 aromatic carbocycles. The average molecular weight is 240 g/mol. The number of hydrogen-bond acceptors (Lipinski definition) is 4. The minimum absolute atomic E-state index is 0.780. The topological polar surface area (TPSA) is 21.8 Å². The van der Waals surface area contributed by atoms with Crippen molar-refractivity contribution in [3.63, 3.8) is 0 Å². The van der Waals surface area contributed by atoms with Gasteiger partial charge >= 0.3 is 0 Å². The van der Waals surface area contributed by atoms with Crippen LogP contribution in [0.5, 0.6) is 0 Å². The van der Waals surface area contributed by atoms with E-state index >= 15 is 0 Å². The first kappa shape index (κ1) is 13.3. The van der Waals surface area contributed by atoms with Crippen LogP contribution in [-0.4, -0.2) is 87.2 Å². The minimum atomic E-state index is 0.780. The SMILES string of the molecule is CN1CCN(CCNCC2CCCN2C)CC1. The van der Waals surface area contributed by atoms with Crippen LogP contribution in [0.4, 0.5) is 0 Å². The quantitative estimate of drug-likeness (QED) is 0.678. The van der Waals surface area contributed by atoms with E-state index in [9.17, 15) is 0 Å². The highest BCUT2D eigenvalue weighted by atomic mass is 15.3. The molecule has 4 nitrogen and oxygen atoms in total. The van der Waals surface area contributed by atoms with Crippen molar-refractivity contribution in [2.75, 3.05) is 66.5 Å². The van der Waals surface area contributed by atoms with Crippen LogP contribution in [0.25, 0.3) is 0 Å². The van der Waals surface area contributed by atoms with Crippen LogP contribution in [-0.2, 0) is 0 Å². The number of piperazine rings is 1. The van der Waals surface area contributed by atoms with Gasteiger partial charge in [0.2, 0.25) is 0 Å². The third-order valence-electron chi connectivity index (χ3n) is 4.25. The summed E-state index contributed by atoms with van der Waals surface area (Å²) >= 11 is 0. The Hall–Kier alpha value is -0.160. The van der Waals surface area contributed by atoms with E-state index in [1.165, 1.54) is 58.7 Å². The molecule has 2 aliphatic rings. The zero-order chi connectivity index (χ0) is 12.1. The lowest BCUT2D eigenvalue weighted by Crippen LogP contribution is -2.47. The molecule has 0 aliphatic carbocycles. The average Bonchev–Trinajstić information content (AvgIpc) is 2.73. The maximum absolute atomic E-state index is 3.62. The molecular formula is C13H28N4. The van der Waals surface area contributed by atoms with Crippen molar-refractivity contribution in [1.82, 2.24) is 20.0 Å². The number of hydrogen-bond donors (Lipinski definition) is 1. The molecule has 0 bridgehead atoms. The predicted molar refractivity (Wildman–Crippen MR) is 72.5 cm³/mol. The van der Waals surface area contributed by atoms with E-state index in [-0.39, 0.29) is 0 Å². The maximum atomic E-state index is 3.62. The highest BCUT2D eigenvalue weighted by Crippen LogP contribution is 2.13. The minimum Gasteiger partial charge on any atom is -0.314 e. The third-order valence-corrected chi connectivity index (χ3v) is 4.25. The second-order valence-electron chi connectivity index (χ2n) is 5.63. The van der Waals surface area contributed by atoms with E-state index < -0.39 is 0 Å². The van der Waals surface area contributed by atoms with Gasteiger partial charge in [0.15, 0.2) is 0 Å². The van der Waals surface area contributed by atoms with Crippen LogP contribution in [0.15, 0.2) is 0 Å². The lowest BCUT2D eigenvalue weighted by molar-refractivity contribution is 0.154. The van der Waals surface area contributed by atoms with Crippen molar-refractivity contribution in [3.8, 4) is 0 Å². The normalized spacial score (nSPS) is 28.9. The van der Waals surface area contributed by atoms with E-state index in [0.29, 0.717) is 0 Å². The Labute approximate surface area is 106 Å². The Morgan fingerprint density at radius 2 is 1.82 bits per heavy atom. The van der Waals surface area contributed by atoms with Gasteiger partial charge in [-0.25, -0.2) is 0 Å². The summed E-state index contributed by atoms with van der Waals surface area (Å²) in [5, 5.41) is 3.62. The Balaban J connectivity index is 1.51. The molecule has 2 heterocycles. The molecule has 0 saturated carbocycles. The Kier molecular flexibility index (Phi) is 5.22. The van der Waals surface area contributed by atoms with Crippen LogP contribution >= 0.6 is 0 Å². The molecule has 0 spiro atoms. The van der Waals surface area contributed by atoms with Gasteiger partial charge in [0.1, 0.15) is 0 Å². The van der Waals surface area contributed by atoms with E-state index in [0.717, 1.165) is 12.6 Å². The molecule has 2 aliphatic heterocycles. The summed E-state index contributed by atoms with van der Waals surface area (Å²) in [7, 11) is 4.46. The molecule has 4 heteroatoms. The van der Waals surface area contributed by atoms with Gasteiger partial charge in [-0.05, 0) is 33.5 Å². The second-order valence-corrected chi connectivity index (χ2v) is 5.63. The molecular weight excluding hydrogens is 212 g/mol. The van der Waals surface area contributed by atoms with Crippen LogP contribution in [0.1, 0.15) is 12.8 Å². The van der Waals surface area contributed by atoms with Crippen LogP contribution in [0, 0.1) is 0 Å². The molecule has 0 amide bonds. The monoisotopic (exact) mass is 240 g/mol. The lowest BCUT2D eigenvalue weighted by atomic mass is 10.2. The van der Waals surface area contributed by atoms with Gasteiger partial charge in [0, 0.05) is 51.9 Å². The van der Waals surface area contributed by atoms with E-state index in [4.69, 9.17) is 0 Å². The smallest absolute Gasteiger partial charge is 0.0218 e. The summed E-state index contributed by atoms with van der Waals surface area (Å²) in [5.74, 6) is 0. The van der Waals surface area contributed by atoms with Gasteiger partial charge in [-0.1, -0.05) is 0 Å². The highest BCUT2D eigenvalue weighted by Gasteiger charge is 2.20. The predicted octanol–water partition coefficient (Wildman–Crippen LogP) is -0.0824. The van der Waals surface area contributed by atoms with E-state index in [1.807, 2.05) is 0 Å². The van der Waals surface area contributed by atoms with Crippen LogP contribution < -0.4 is 5.32 Å². The van der Waals surface area contributed by atoms with E-state index in [1.54, 1.807) is 0 Å². The van der Waals surface area contributed by atoms with Gasteiger partial charge in [-0.2, -0.15) is 0 Å². The van der Waals surface area contributed by atoms with Gasteiger partial charge in [-0.3, -0.25) is 4.90 Å². The number of rotatable bonds is 5. The Bertz CT molecular complexity index is 213. The van der Waals surface area contributed by atoms with Crippen LogP contribution in [0.3, 0.4) is 0 Å². The fraction of sp³-hybridized carbons (Fsp3) is 1.00. The number of nitrogens with zero attached hydrogens (tertiary/aromatic N) is 3. The molecule has 0 aromatic rings. The highest BCUT2D eigenvalue weighted by molar-refractivity contribution is 4.78. The van der Waals surface area contributed by atoms with E-state index in [2.05, 4.69) is 34.1 Å². The van der Waals surface area contributed by atoms with Gasteiger partial charge in [0.05, 0.1) is 0 Å². The van der Waals surface area contributed by atoms with Gasteiger partial charge in [0.25, 0.3) is 0 Å². The fourth-order valence-corrected chi connectivity index (χ4v) is 2.81. The third kappa shape index (κ3) is 4.21. The van der Waals surface area contributed by atoms with Crippen molar-refractivity contribution in [1.29, 1.82) is 0 Å². The zero-order valence-corrected chi connectivity index (χ0v) is 11.5. The molecule has 17 heavy (non-hydrogen) atoms. The summed E-state index contributed by atoms with van der Waals surface area (Å²) in [5.41, 5.74) is 0. The van der Waals surface area contributed by atoms with Crippen molar-refractivity contribution < 1.29 is 0 Å². The summed E-state index contributed by atoms with van der Waals surface area (Å²) in [6.07, 6.45) is 2.75. The molecule has 0 radical (unpaired) electrons. The zero-order valence-electron chi connectivity index (χ0n) is 11.5. The van der Waals surface area contributed by atoms with Crippen LogP contribution in [0.2, 0.25) is 0 Å². The standard InChI is InChI=1S/C13H28N4/c1-15-8-10-17(11-9-15)7-5-14-12-13-4-3-6-16(13)2/h13-14H,3-12H2,1-2H3. The van der Waals surface area contributed by atoms with Crippen molar-refractivity contribution in [2.45, 2.75) is 18.9 Å². The van der Waals surface area contributed by atoms with Crippen molar-refractivity contribution in [3.05, 3.63) is 0 Å². The summed E-state index contributed by atoms with van der Waals surface area (Å²) < 4.78 is 0. The molecule has 0 aromatic heterocycles. The first-order chi connectivity index (χ1) is 8.25. The van der Waals surface area contributed by atoms with Gasteiger partial charge < -0.3 is 15.1 Å². The first-order valence-electron chi connectivity index (χ1n) is 7.07. The fourth-order valence-electron chi connectivity index (χ4n) is 2.81. The van der Waals surface area contributed by atoms with Crippen molar-refractivity contribution in [2.24, 2.45) is 0 Å². The molecule has 1 atom stereocenters. The summed E-state index contributed by atoms with van der Waals surface area (Å²) in [6, 6.07) is 0.780. The van der Waals surface area contributed by atoms with Gasteiger partial charge in [-0.15, -0.1) is 0 Å². The van der Waals surface area contributed by atoms with Crippen molar-refractivity contribution >= 4 is 0 Å². The molecule has 100 valence electrons. The Morgan fingerprint density at radius 1 is 1.06 bits per heavy atom. The number of likely N-dealkylation sites (tertiary alicyclic amines) is 1. The lowest BCUT2D eigenvalue weighted by Gasteiger charge is -2.32. The summed E-state index contributed by atoms with van der Waals surface area (Å²) in [6.45, 7) is 9.74. The molecule has 1 N–H and O–H groups in total. The Morgan fingerprint density at radius 3 is 2.47 bits per heavy atom. The first-order valence-corrected chi connectivity index (χ1v) is 7.07. The number of likely N-dealkylation sites (N-methyl/N-ethyl adjacent to an activating group) is 2. The largest absolute Gasteiger partial charge is 0.314 e. The molecule has 2 fully saturated rings. The molecule has 1 unspecified atom stereocenters. The summed E-state index contributed by atoms with van der Waals surface area (Å²) in [4.78, 5) is 7.48. The maximum Gasteiger partial charge on any atom is 0.0218 e. The molecule has 2 saturated heterocycles. The molecule has 2 rings (SSSR count). The number of nitrogens with one attached hydrogen (secondary N) is 1. The second kappa shape index (κ2) is 6.69.